The van der Waals surface area contributed by atoms with Crippen LogP contribution in [0.1, 0.15) is 17.3 Å². The number of esters is 1. The molecule has 0 spiro atoms. The van der Waals surface area contributed by atoms with E-state index >= 15 is 0 Å². The van der Waals surface area contributed by atoms with Crippen LogP contribution in [-0.4, -0.2) is 17.5 Å². The number of nitrogens with zero attached hydrogens (tertiary/aromatic N) is 1. The van der Waals surface area contributed by atoms with E-state index in [2.05, 4.69) is 4.74 Å². The largest absolute Gasteiger partial charge is 0.462 e. The molecular weight excluding hydrogens is 241 g/mol. The van der Waals surface area contributed by atoms with Gasteiger partial charge in [-0.1, -0.05) is 11.6 Å². The molecule has 0 saturated carbocycles. The summed E-state index contributed by atoms with van der Waals surface area (Å²) >= 11 is 5.49. The number of carbonyl (C=O) groups is 1. The number of carbonyl (C=O) groups excluding carboxylic acids is 1. The molecule has 0 aliphatic rings. The predicted octanol–water partition coefficient (Wildman–Crippen LogP) is 2.56. The number of hydrogen-bond acceptors (Lipinski definition) is 4. The van der Waals surface area contributed by atoms with Gasteiger partial charge in [0.1, 0.15) is 5.82 Å². The fourth-order valence-electron chi connectivity index (χ4n) is 1.09. The molecule has 0 bridgehead atoms. The summed E-state index contributed by atoms with van der Waals surface area (Å²) in [6.07, 6.45) is 0. The predicted molar refractivity (Wildman–Crippen MR) is 54.0 cm³/mol. The van der Waals surface area contributed by atoms with E-state index in [1.165, 1.54) is 6.92 Å². The molecule has 16 heavy (non-hydrogen) atoms. The number of ether oxygens (including phenoxy) is 1. The molecule has 0 heterocycles. The van der Waals surface area contributed by atoms with E-state index in [1.54, 1.807) is 0 Å². The minimum atomic E-state index is -1.02. The fourth-order valence-corrected chi connectivity index (χ4v) is 1.33. The van der Waals surface area contributed by atoms with E-state index in [1.807, 2.05) is 0 Å². The van der Waals surface area contributed by atoms with Gasteiger partial charge in [0, 0.05) is 6.07 Å². The lowest BCUT2D eigenvalue weighted by molar-refractivity contribution is -0.385. The molecule has 1 aromatic rings. The lowest BCUT2D eigenvalue weighted by atomic mass is 10.1. The number of rotatable bonds is 3. The van der Waals surface area contributed by atoms with E-state index in [9.17, 15) is 19.3 Å². The van der Waals surface area contributed by atoms with Crippen molar-refractivity contribution in [1.82, 2.24) is 0 Å². The van der Waals surface area contributed by atoms with Crippen molar-refractivity contribution in [1.29, 1.82) is 0 Å². The number of nitro benzene ring substituents is 1. The van der Waals surface area contributed by atoms with Crippen LogP contribution in [0.25, 0.3) is 0 Å². The molecule has 7 heteroatoms. The number of hydrogen-bond donors (Lipinski definition) is 0. The van der Waals surface area contributed by atoms with Gasteiger partial charge in [0.2, 0.25) is 0 Å². The molecule has 1 rings (SSSR count). The maximum absolute atomic E-state index is 13.1. The van der Waals surface area contributed by atoms with Crippen LogP contribution < -0.4 is 0 Å². The van der Waals surface area contributed by atoms with Crippen LogP contribution in [0.5, 0.6) is 0 Å². The summed E-state index contributed by atoms with van der Waals surface area (Å²) in [6, 6.07) is 1.69. The zero-order chi connectivity index (χ0) is 12.3. The molecule has 0 aliphatic carbocycles. The van der Waals surface area contributed by atoms with Gasteiger partial charge < -0.3 is 4.74 Å². The van der Waals surface area contributed by atoms with Crippen molar-refractivity contribution in [2.75, 3.05) is 6.61 Å². The highest BCUT2D eigenvalue weighted by Gasteiger charge is 2.26. The van der Waals surface area contributed by atoms with Gasteiger partial charge >= 0.3 is 5.97 Å². The van der Waals surface area contributed by atoms with Crippen molar-refractivity contribution in [3.63, 3.8) is 0 Å². The Kier molecular flexibility index (Phi) is 3.78. The van der Waals surface area contributed by atoms with Gasteiger partial charge in [-0.2, -0.15) is 0 Å². The second kappa shape index (κ2) is 4.89. The topological polar surface area (TPSA) is 69.4 Å². The molecule has 0 aromatic heterocycles. The van der Waals surface area contributed by atoms with Crippen LogP contribution in [0.2, 0.25) is 5.02 Å². The Morgan fingerprint density at radius 1 is 1.62 bits per heavy atom. The minimum absolute atomic E-state index is 0.0167. The maximum Gasteiger partial charge on any atom is 0.346 e. The average molecular weight is 248 g/mol. The third kappa shape index (κ3) is 2.27. The summed E-state index contributed by atoms with van der Waals surface area (Å²) < 4.78 is 17.6. The second-order valence-corrected chi connectivity index (χ2v) is 3.11. The molecular formula is C9H7ClFNO4. The monoisotopic (exact) mass is 247 g/mol. The Morgan fingerprint density at radius 3 is 2.75 bits per heavy atom. The first-order valence-electron chi connectivity index (χ1n) is 4.28. The second-order valence-electron chi connectivity index (χ2n) is 2.73. The lowest BCUT2D eigenvalue weighted by Gasteiger charge is -2.05. The van der Waals surface area contributed by atoms with Gasteiger partial charge in [-0.3, -0.25) is 10.1 Å². The van der Waals surface area contributed by atoms with Gasteiger partial charge in [0.25, 0.3) is 5.69 Å². The van der Waals surface area contributed by atoms with Crippen molar-refractivity contribution in [2.24, 2.45) is 0 Å². The molecule has 0 fully saturated rings. The van der Waals surface area contributed by atoms with Crippen molar-refractivity contribution in [2.45, 2.75) is 6.92 Å². The zero-order valence-electron chi connectivity index (χ0n) is 8.20. The van der Waals surface area contributed by atoms with E-state index in [-0.39, 0.29) is 6.61 Å². The molecule has 1 aromatic carbocycles. The highest BCUT2D eigenvalue weighted by molar-refractivity contribution is 6.34. The summed E-state index contributed by atoms with van der Waals surface area (Å²) in [7, 11) is 0. The molecule has 0 radical (unpaired) electrons. The van der Waals surface area contributed by atoms with Gasteiger partial charge in [0.15, 0.2) is 5.56 Å². The molecule has 0 saturated heterocycles. The van der Waals surface area contributed by atoms with Crippen LogP contribution in [0.3, 0.4) is 0 Å². The van der Waals surface area contributed by atoms with Crippen molar-refractivity contribution in [3.8, 4) is 0 Å². The molecule has 0 atom stereocenters. The molecule has 0 aliphatic heterocycles. The Hall–Kier alpha value is -1.69. The summed E-state index contributed by atoms with van der Waals surface area (Å²) in [5, 5.41) is 10.0. The van der Waals surface area contributed by atoms with E-state index < -0.39 is 33.0 Å². The van der Waals surface area contributed by atoms with Crippen molar-refractivity contribution >= 4 is 23.3 Å². The Morgan fingerprint density at radius 2 is 2.25 bits per heavy atom. The molecule has 0 N–H and O–H groups in total. The zero-order valence-corrected chi connectivity index (χ0v) is 8.95. The quantitative estimate of drug-likeness (QED) is 0.468. The first-order chi connectivity index (χ1) is 7.49. The van der Waals surface area contributed by atoms with Gasteiger partial charge in [0.05, 0.1) is 16.6 Å². The number of benzene rings is 1. The number of nitro groups is 1. The lowest BCUT2D eigenvalue weighted by Crippen LogP contribution is -2.09. The molecule has 86 valence electrons. The van der Waals surface area contributed by atoms with Crippen LogP contribution in [0.4, 0.5) is 10.1 Å². The Labute approximate surface area is 94.9 Å². The maximum atomic E-state index is 13.1. The molecule has 5 nitrogen and oxygen atoms in total. The van der Waals surface area contributed by atoms with Gasteiger partial charge in [-0.25, -0.2) is 9.18 Å². The van der Waals surface area contributed by atoms with Crippen LogP contribution in [0.15, 0.2) is 12.1 Å². The SMILES string of the molecule is CCOC(=O)c1c([N+](=O)[O-])ccc(F)c1Cl. The van der Waals surface area contributed by atoms with Crippen molar-refractivity contribution in [3.05, 3.63) is 38.7 Å². The third-order valence-corrected chi connectivity index (χ3v) is 2.12. The van der Waals surface area contributed by atoms with Crippen LogP contribution in [0, 0.1) is 15.9 Å². The summed E-state index contributed by atoms with van der Waals surface area (Å²) in [6.45, 7) is 1.54. The van der Waals surface area contributed by atoms with Gasteiger partial charge in [-0.15, -0.1) is 0 Å². The summed E-state index contributed by atoms with van der Waals surface area (Å²) in [5.41, 5.74) is -1.14. The third-order valence-electron chi connectivity index (χ3n) is 1.75. The normalized spacial score (nSPS) is 9.94. The standard InChI is InChI=1S/C9H7ClFNO4/c1-2-16-9(13)7-6(12(14)15)4-3-5(11)8(7)10/h3-4H,2H2,1H3. The minimum Gasteiger partial charge on any atom is -0.462 e. The molecule has 0 amide bonds. The fraction of sp³-hybridized carbons (Fsp3) is 0.222. The van der Waals surface area contributed by atoms with E-state index in [4.69, 9.17) is 11.6 Å². The first kappa shape index (κ1) is 12.4. The highest BCUT2D eigenvalue weighted by atomic mass is 35.5. The Bertz CT molecular complexity index is 449. The Balaban J connectivity index is 3.37. The van der Waals surface area contributed by atoms with Crippen molar-refractivity contribution < 1.29 is 18.8 Å². The molecule has 0 unspecified atom stereocenters. The van der Waals surface area contributed by atoms with Crippen LogP contribution >= 0.6 is 11.6 Å². The highest BCUT2D eigenvalue weighted by Crippen LogP contribution is 2.29. The van der Waals surface area contributed by atoms with E-state index in [0.29, 0.717) is 0 Å². The summed E-state index contributed by atoms with van der Waals surface area (Å²) in [4.78, 5) is 21.2. The smallest absolute Gasteiger partial charge is 0.346 e. The van der Waals surface area contributed by atoms with E-state index in [0.717, 1.165) is 12.1 Å². The average Bonchev–Trinajstić information content (AvgIpc) is 2.21. The van der Waals surface area contributed by atoms with Gasteiger partial charge in [-0.05, 0) is 13.0 Å². The number of halogens is 2. The summed E-state index contributed by atoms with van der Waals surface area (Å²) in [5.74, 6) is -1.92. The van der Waals surface area contributed by atoms with Crippen LogP contribution in [-0.2, 0) is 4.74 Å². The first-order valence-corrected chi connectivity index (χ1v) is 4.66.